The quantitative estimate of drug-likeness (QED) is 0.318. The highest BCUT2D eigenvalue weighted by molar-refractivity contribution is 5.87. The third-order valence-electron chi connectivity index (χ3n) is 2.11. The Morgan fingerprint density at radius 2 is 1.93 bits per heavy atom. The number of aliphatic hydroxyl groups is 1. The molecule has 0 aliphatic rings. The van der Waals surface area contributed by atoms with Crippen LogP contribution in [0.5, 0.6) is 0 Å². The van der Waals surface area contributed by atoms with E-state index in [9.17, 15) is 9.90 Å². The molecule has 4 heteroatoms. The largest absolute Gasteiger partial charge is 0.381 e. The number of nitrogens with zero attached hydrogens (tertiary/aromatic N) is 1. The molecule has 0 aliphatic heterocycles. The van der Waals surface area contributed by atoms with Crippen molar-refractivity contribution in [3.8, 4) is 0 Å². The second kappa shape index (κ2) is 4.11. The van der Waals surface area contributed by atoms with Gasteiger partial charge in [-0.05, 0) is 6.92 Å². The molecule has 14 heavy (non-hydrogen) atoms. The van der Waals surface area contributed by atoms with E-state index < -0.39 is 11.9 Å². The van der Waals surface area contributed by atoms with Gasteiger partial charge < -0.3 is 9.84 Å². The van der Waals surface area contributed by atoms with Gasteiger partial charge in [-0.3, -0.25) is 4.48 Å². The SMILES string of the molecule is C=C(C)C(=O)OC(O)(CC)[N+](C)(C)C. The smallest absolute Gasteiger partial charge is 0.360 e. The van der Waals surface area contributed by atoms with Gasteiger partial charge in [-0.2, -0.15) is 0 Å². The van der Waals surface area contributed by atoms with Crippen LogP contribution in [0, 0.1) is 0 Å². The third kappa shape index (κ3) is 2.82. The molecule has 1 unspecified atom stereocenters. The van der Waals surface area contributed by atoms with E-state index in [1.54, 1.807) is 35.0 Å². The molecular formula is C10H20NO3+. The van der Waals surface area contributed by atoms with Crippen molar-refractivity contribution in [1.29, 1.82) is 0 Å². The van der Waals surface area contributed by atoms with Crippen LogP contribution in [0.2, 0.25) is 0 Å². The minimum Gasteiger partial charge on any atom is -0.381 e. The first kappa shape index (κ1) is 13.1. The van der Waals surface area contributed by atoms with Crippen molar-refractivity contribution in [3.05, 3.63) is 12.2 Å². The molecule has 0 saturated carbocycles. The molecule has 0 aromatic heterocycles. The van der Waals surface area contributed by atoms with Crippen LogP contribution in [0.4, 0.5) is 0 Å². The average molecular weight is 202 g/mol. The zero-order valence-electron chi connectivity index (χ0n) is 9.63. The summed E-state index contributed by atoms with van der Waals surface area (Å²) in [5.74, 6) is -2.06. The van der Waals surface area contributed by atoms with Crippen LogP contribution in [0.25, 0.3) is 0 Å². The minimum atomic E-state index is -1.49. The van der Waals surface area contributed by atoms with Gasteiger partial charge in [0, 0.05) is 5.57 Å². The Morgan fingerprint density at radius 1 is 1.50 bits per heavy atom. The predicted molar refractivity (Wildman–Crippen MR) is 54.2 cm³/mol. The molecule has 0 rings (SSSR count). The monoisotopic (exact) mass is 202 g/mol. The van der Waals surface area contributed by atoms with Gasteiger partial charge in [-0.15, -0.1) is 0 Å². The number of hydrogen-bond acceptors (Lipinski definition) is 3. The Bertz CT molecular complexity index is 242. The van der Waals surface area contributed by atoms with Crippen molar-refractivity contribution in [3.63, 3.8) is 0 Å². The lowest BCUT2D eigenvalue weighted by Gasteiger charge is -2.39. The topological polar surface area (TPSA) is 46.5 Å². The Balaban J connectivity index is 4.74. The molecule has 0 radical (unpaired) electrons. The molecule has 0 amide bonds. The molecule has 0 fully saturated rings. The summed E-state index contributed by atoms with van der Waals surface area (Å²) in [6.45, 7) is 6.77. The number of carbonyl (C=O) groups excluding carboxylic acids is 1. The fraction of sp³-hybridized carbons (Fsp3) is 0.700. The molecule has 0 aromatic carbocycles. The summed E-state index contributed by atoms with van der Waals surface area (Å²) in [5, 5.41) is 10.1. The molecule has 4 nitrogen and oxygen atoms in total. The molecular weight excluding hydrogens is 182 g/mol. The van der Waals surface area contributed by atoms with Gasteiger partial charge in [-0.1, -0.05) is 13.5 Å². The Hall–Kier alpha value is -0.870. The molecule has 0 saturated heterocycles. The predicted octanol–water partition coefficient (Wildman–Crippen LogP) is 0.868. The van der Waals surface area contributed by atoms with Gasteiger partial charge in [-0.25, -0.2) is 4.79 Å². The van der Waals surface area contributed by atoms with E-state index in [0.717, 1.165) is 0 Å². The van der Waals surface area contributed by atoms with Crippen molar-refractivity contribution < 1.29 is 19.1 Å². The third-order valence-corrected chi connectivity index (χ3v) is 2.11. The Morgan fingerprint density at radius 3 is 2.14 bits per heavy atom. The highest BCUT2D eigenvalue weighted by atomic mass is 16.7. The fourth-order valence-electron chi connectivity index (χ4n) is 0.919. The van der Waals surface area contributed by atoms with E-state index in [1.165, 1.54) is 0 Å². The summed E-state index contributed by atoms with van der Waals surface area (Å²) in [4.78, 5) is 11.3. The minimum absolute atomic E-state index is 0.141. The van der Waals surface area contributed by atoms with Crippen LogP contribution in [0.1, 0.15) is 20.3 Å². The van der Waals surface area contributed by atoms with Crippen molar-refractivity contribution in [2.45, 2.75) is 26.2 Å². The average Bonchev–Trinajstić information content (AvgIpc) is 2.01. The Labute approximate surface area is 85.4 Å². The molecule has 0 spiro atoms. The molecule has 1 atom stereocenters. The van der Waals surface area contributed by atoms with E-state index in [1.807, 2.05) is 0 Å². The van der Waals surface area contributed by atoms with Crippen LogP contribution >= 0.6 is 0 Å². The van der Waals surface area contributed by atoms with Gasteiger partial charge >= 0.3 is 11.9 Å². The number of quaternary nitrogens is 1. The van der Waals surface area contributed by atoms with Gasteiger partial charge in [0.25, 0.3) is 0 Å². The summed E-state index contributed by atoms with van der Waals surface area (Å²) in [6.07, 6.45) is 0.329. The first-order chi connectivity index (χ1) is 6.14. The lowest BCUT2D eigenvalue weighted by atomic mass is 10.3. The number of esters is 1. The van der Waals surface area contributed by atoms with E-state index in [4.69, 9.17) is 4.74 Å². The van der Waals surface area contributed by atoms with E-state index >= 15 is 0 Å². The van der Waals surface area contributed by atoms with E-state index in [-0.39, 0.29) is 10.1 Å². The zero-order chi connectivity index (χ0) is 11.6. The van der Waals surface area contributed by atoms with E-state index in [0.29, 0.717) is 6.42 Å². The fourth-order valence-corrected chi connectivity index (χ4v) is 0.919. The van der Waals surface area contributed by atoms with Crippen LogP contribution < -0.4 is 0 Å². The van der Waals surface area contributed by atoms with Crippen LogP contribution in [0.3, 0.4) is 0 Å². The standard InChI is InChI=1S/C10H20NO3/c1-7-10(13,11(4,5)6)14-9(12)8(2)3/h13H,2,7H2,1,3-6H3/q+1. The second-order valence-electron chi connectivity index (χ2n) is 4.28. The van der Waals surface area contributed by atoms with Gasteiger partial charge in [0.1, 0.15) is 0 Å². The molecule has 1 N–H and O–H groups in total. The summed E-state index contributed by atoms with van der Waals surface area (Å²) in [7, 11) is 5.28. The van der Waals surface area contributed by atoms with Gasteiger partial charge in [0.05, 0.1) is 27.6 Å². The second-order valence-corrected chi connectivity index (χ2v) is 4.28. The molecule has 0 aromatic rings. The maximum Gasteiger partial charge on any atom is 0.360 e. The molecule has 0 aliphatic carbocycles. The summed E-state index contributed by atoms with van der Waals surface area (Å²) < 4.78 is 5.14. The lowest BCUT2D eigenvalue weighted by molar-refractivity contribution is -0.976. The number of ether oxygens (including phenoxy) is 1. The van der Waals surface area contributed by atoms with E-state index in [2.05, 4.69) is 6.58 Å². The van der Waals surface area contributed by atoms with Crippen molar-refractivity contribution in [1.82, 2.24) is 0 Å². The van der Waals surface area contributed by atoms with Crippen LogP contribution in [-0.2, 0) is 9.53 Å². The van der Waals surface area contributed by atoms with Crippen LogP contribution in [0.15, 0.2) is 12.2 Å². The first-order valence-corrected chi connectivity index (χ1v) is 4.57. The summed E-state index contributed by atoms with van der Waals surface area (Å²) in [6, 6.07) is 0. The van der Waals surface area contributed by atoms with Gasteiger partial charge in [0.2, 0.25) is 0 Å². The first-order valence-electron chi connectivity index (χ1n) is 4.57. The van der Waals surface area contributed by atoms with Crippen LogP contribution in [-0.4, -0.2) is 42.6 Å². The maximum atomic E-state index is 11.3. The Kier molecular flexibility index (Phi) is 3.85. The lowest BCUT2D eigenvalue weighted by Crippen LogP contribution is -2.59. The van der Waals surface area contributed by atoms with Crippen molar-refractivity contribution in [2.75, 3.05) is 21.1 Å². The molecule has 0 bridgehead atoms. The maximum absolute atomic E-state index is 11.3. The summed E-state index contributed by atoms with van der Waals surface area (Å²) >= 11 is 0. The summed E-state index contributed by atoms with van der Waals surface area (Å²) in [5.41, 5.74) is 0.283. The highest BCUT2D eigenvalue weighted by Gasteiger charge is 2.43. The number of hydrogen-bond donors (Lipinski definition) is 1. The molecule has 82 valence electrons. The van der Waals surface area contributed by atoms with Crippen molar-refractivity contribution in [2.24, 2.45) is 0 Å². The van der Waals surface area contributed by atoms with Gasteiger partial charge in [0.15, 0.2) is 0 Å². The zero-order valence-corrected chi connectivity index (χ0v) is 9.63. The number of rotatable bonds is 4. The molecule has 0 heterocycles. The normalized spacial score (nSPS) is 15.9. The highest BCUT2D eigenvalue weighted by Crippen LogP contribution is 2.22. The number of carbonyl (C=O) groups is 1. The van der Waals surface area contributed by atoms with Crippen molar-refractivity contribution >= 4 is 5.97 Å².